The number of ketones is 1. The summed E-state index contributed by atoms with van der Waals surface area (Å²) < 4.78 is 5.11. The number of Topliss-reactive ketones (excluding diaryl/α,β-unsaturated/α-hetero) is 1. The first-order valence-corrected chi connectivity index (χ1v) is 7.87. The van der Waals surface area contributed by atoms with Crippen molar-refractivity contribution >= 4 is 11.9 Å². The minimum atomic E-state index is -0.873. The molecule has 0 bridgehead atoms. The summed E-state index contributed by atoms with van der Waals surface area (Å²) >= 11 is 0. The number of benzene rings is 2. The number of rotatable bonds is 7. The van der Waals surface area contributed by atoms with Gasteiger partial charge in [-0.25, -0.2) is 0 Å². The number of hydrogen-bond donors (Lipinski definition) is 0. The molecule has 0 N–H and O–H groups in total. The highest BCUT2D eigenvalue weighted by molar-refractivity contribution is 5.96. The Hall–Kier alpha value is -3.37. The Bertz CT molecular complexity index is 798. The minimum Gasteiger partial charge on any atom is -0.497 e. The summed E-state index contributed by atoms with van der Waals surface area (Å²) in [4.78, 5) is 12.4. The fourth-order valence-electron chi connectivity index (χ4n) is 2.42. The fourth-order valence-corrected chi connectivity index (χ4v) is 2.42. The van der Waals surface area contributed by atoms with Gasteiger partial charge in [0.1, 0.15) is 11.7 Å². The van der Waals surface area contributed by atoms with Gasteiger partial charge in [-0.15, -0.1) is 0 Å². The third kappa shape index (κ3) is 5.06. The van der Waals surface area contributed by atoms with Crippen LogP contribution in [-0.2, 0) is 0 Å². The zero-order chi connectivity index (χ0) is 18.1. The van der Waals surface area contributed by atoms with Crippen molar-refractivity contribution in [1.82, 2.24) is 0 Å². The number of carbonyl (C=O) groups excluding carboxylic acids is 1. The molecule has 0 fully saturated rings. The van der Waals surface area contributed by atoms with Crippen LogP contribution in [0.15, 0.2) is 60.7 Å². The fraction of sp³-hybridized carbons (Fsp3) is 0.190. The quantitative estimate of drug-likeness (QED) is 0.711. The minimum absolute atomic E-state index is 0.0829. The van der Waals surface area contributed by atoms with Gasteiger partial charge in [0.25, 0.3) is 0 Å². The predicted octanol–water partition coefficient (Wildman–Crippen LogP) is 4.26. The first kappa shape index (κ1) is 18.0. The Balaban J connectivity index is 2.18. The monoisotopic (exact) mass is 330 g/mol. The molecule has 2 aromatic carbocycles. The zero-order valence-electron chi connectivity index (χ0n) is 13.9. The second-order valence-corrected chi connectivity index (χ2v) is 5.53. The lowest BCUT2D eigenvalue weighted by Gasteiger charge is -2.12. The molecule has 0 unspecified atom stereocenters. The molecule has 2 aromatic rings. The van der Waals surface area contributed by atoms with Gasteiger partial charge in [-0.1, -0.05) is 54.6 Å². The van der Waals surface area contributed by atoms with Gasteiger partial charge in [-0.2, -0.15) is 10.5 Å². The Morgan fingerprint density at radius 2 is 1.72 bits per heavy atom. The first-order valence-electron chi connectivity index (χ1n) is 7.87. The molecule has 0 aromatic heterocycles. The van der Waals surface area contributed by atoms with Crippen LogP contribution in [0.2, 0.25) is 0 Å². The van der Waals surface area contributed by atoms with Gasteiger partial charge in [0.2, 0.25) is 0 Å². The molecule has 0 amide bonds. The van der Waals surface area contributed by atoms with Gasteiger partial charge in [-0.3, -0.25) is 4.79 Å². The average Bonchev–Trinajstić information content (AvgIpc) is 2.67. The van der Waals surface area contributed by atoms with Crippen molar-refractivity contribution in [2.75, 3.05) is 7.11 Å². The molecule has 1 atom stereocenters. The summed E-state index contributed by atoms with van der Waals surface area (Å²) in [5.74, 6) is -0.674. The number of nitrogens with zero attached hydrogens (tertiary/aromatic N) is 2. The summed E-state index contributed by atoms with van der Waals surface area (Å²) in [6.45, 7) is 0. The highest BCUT2D eigenvalue weighted by Gasteiger charge is 2.22. The molecule has 0 aliphatic carbocycles. The third-order valence-corrected chi connectivity index (χ3v) is 3.87. The smallest absolute Gasteiger partial charge is 0.163 e. The van der Waals surface area contributed by atoms with E-state index in [2.05, 4.69) is 0 Å². The molecule has 4 heteroatoms. The van der Waals surface area contributed by atoms with Crippen molar-refractivity contribution in [3.8, 4) is 17.9 Å². The molecule has 0 aliphatic heterocycles. The van der Waals surface area contributed by atoms with Gasteiger partial charge >= 0.3 is 0 Å². The molecular weight excluding hydrogens is 312 g/mol. The first-order chi connectivity index (χ1) is 12.2. The summed E-state index contributed by atoms with van der Waals surface area (Å²) in [5.41, 5.74) is 1.49. The van der Waals surface area contributed by atoms with E-state index < -0.39 is 11.8 Å². The van der Waals surface area contributed by atoms with E-state index in [1.807, 2.05) is 48.5 Å². The average molecular weight is 330 g/mol. The van der Waals surface area contributed by atoms with Crippen molar-refractivity contribution in [3.63, 3.8) is 0 Å². The number of carbonyl (C=O) groups is 1. The van der Waals surface area contributed by atoms with E-state index in [0.717, 1.165) is 11.3 Å². The van der Waals surface area contributed by atoms with E-state index in [-0.39, 0.29) is 12.2 Å². The summed E-state index contributed by atoms with van der Waals surface area (Å²) in [7, 11) is 1.60. The van der Waals surface area contributed by atoms with Crippen LogP contribution in [0, 0.1) is 34.5 Å². The molecule has 0 heterocycles. The lowest BCUT2D eigenvalue weighted by atomic mass is 9.87. The van der Waals surface area contributed by atoms with Crippen LogP contribution >= 0.6 is 0 Å². The SMILES string of the molecule is COc1ccc(/C=C/[C@H](CC(=O)c2ccccc2)C(C#N)C#N)cc1. The molecule has 25 heavy (non-hydrogen) atoms. The Kier molecular flexibility index (Phi) is 6.51. The molecule has 0 spiro atoms. The highest BCUT2D eigenvalue weighted by atomic mass is 16.5. The molecule has 0 aliphatic rings. The van der Waals surface area contributed by atoms with Crippen LogP contribution < -0.4 is 4.74 Å². The Labute approximate surface area is 147 Å². The number of hydrogen-bond acceptors (Lipinski definition) is 4. The van der Waals surface area contributed by atoms with E-state index in [9.17, 15) is 15.3 Å². The van der Waals surface area contributed by atoms with E-state index in [1.54, 1.807) is 37.5 Å². The maximum atomic E-state index is 12.4. The van der Waals surface area contributed by atoms with E-state index in [1.165, 1.54) is 0 Å². The second kappa shape index (κ2) is 9.05. The summed E-state index contributed by atoms with van der Waals surface area (Å²) in [5, 5.41) is 18.4. The second-order valence-electron chi connectivity index (χ2n) is 5.53. The van der Waals surface area contributed by atoms with Crippen LogP contribution in [0.3, 0.4) is 0 Å². The van der Waals surface area contributed by atoms with E-state index in [0.29, 0.717) is 5.56 Å². The van der Waals surface area contributed by atoms with Crippen LogP contribution in [0.1, 0.15) is 22.3 Å². The summed E-state index contributed by atoms with van der Waals surface area (Å²) in [6, 6.07) is 20.3. The maximum absolute atomic E-state index is 12.4. The molecule has 124 valence electrons. The Morgan fingerprint density at radius 3 is 2.28 bits per heavy atom. The Morgan fingerprint density at radius 1 is 1.08 bits per heavy atom. The molecule has 4 nitrogen and oxygen atoms in total. The van der Waals surface area contributed by atoms with Crippen LogP contribution in [0.4, 0.5) is 0 Å². The lowest BCUT2D eigenvalue weighted by molar-refractivity contribution is 0.0966. The molecule has 0 radical (unpaired) electrons. The third-order valence-electron chi connectivity index (χ3n) is 3.87. The van der Waals surface area contributed by atoms with Crippen molar-refractivity contribution in [3.05, 3.63) is 71.8 Å². The predicted molar refractivity (Wildman–Crippen MR) is 95.6 cm³/mol. The van der Waals surface area contributed by atoms with Gasteiger partial charge in [0.05, 0.1) is 19.2 Å². The zero-order valence-corrected chi connectivity index (χ0v) is 13.9. The van der Waals surface area contributed by atoms with Crippen LogP contribution in [0.5, 0.6) is 5.75 Å². The van der Waals surface area contributed by atoms with Crippen molar-refractivity contribution in [2.24, 2.45) is 11.8 Å². The highest BCUT2D eigenvalue weighted by Crippen LogP contribution is 2.22. The normalized spacial score (nSPS) is 11.7. The van der Waals surface area contributed by atoms with Crippen LogP contribution in [0.25, 0.3) is 6.08 Å². The standard InChI is InChI=1S/C21H18N2O2/c1-25-20-11-8-16(9-12-20)7-10-18(19(14-22)15-23)13-21(24)17-5-3-2-4-6-17/h2-12,18-19H,13H2,1H3/b10-7+/t18-/m1/s1. The largest absolute Gasteiger partial charge is 0.497 e. The number of ether oxygens (including phenoxy) is 1. The maximum Gasteiger partial charge on any atom is 0.163 e. The number of methoxy groups -OCH3 is 1. The van der Waals surface area contributed by atoms with Gasteiger partial charge < -0.3 is 4.74 Å². The molecule has 2 rings (SSSR count). The number of nitriles is 2. The van der Waals surface area contributed by atoms with Crippen molar-refractivity contribution in [1.29, 1.82) is 10.5 Å². The van der Waals surface area contributed by atoms with Gasteiger partial charge in [-0.05, 0) is 17.7 Å². The summed E-state index contributed by atoms with van der Waals surface area (Å²) in [6.07, 6.45) is 3.70. The van der Waals surface area contributed by atoms with Crippen molar-refractivity contribution < 1.29 is 9.53 Å². The van der Waals surface area contributed by atoms with E-state index in [4.69, 9.17) is 4.74 Å². The number of allylic oxidation sites excluding steroid dienone is 1. The van der Waals surface area contributed by atoms with Gasteiger partial charge in [0, 0.05) is 17.9 Å². The molecule has 0 saturated carbocycles. The molecular formula is C21H18N2O2. The topological polar surface area (TPSA) is 73.9 Å². The van der Waals surface area contributed by atoms with E-state index >= 15 is 0 Å². The molecule has 0 saturated heterocycles. The van der Waals surface area contributed by atoms with Crippen LogP contribution in [-0.4, -0.2) is 12.9 Å². The van der Waals surface area contributed by atoms with Crippen molar-refractivity contribution in [2.45, 2.75) is 6.42 Å². The lowest BCUT2D eigenvalue weighted by Crippen LogP contribution is -2.14. The van der Waals surface area contributed by atoms with Gasteiger partial charge in [0.15, 0.2) is 5.78 Å².